The third-order valence-electron chi connectivity index (χ3n) is 2.02. The number of phenolic OH excluding ortho intramolecular Hbond substituents is 1. The first-order chi connectivity index (χ1) is 7.10. The van der Waals surface area contributed by atoms with E-state index in [2.05, 4.69) is 4.74 Å². The molecule has 1 atom stereocenters. The van der Waals surface area contributed by atoms with Crippen LogP contribution in [-0.2, 0) is 9.53 Å². The molecule has 0 aliphatic carbocycles. The zero-order chi connectivity index (χ0) is 11.4. The lowest BCUT2D eigenvalue weighted by molar-refractivity contribution is -0.142. The molecule has 0 aliphatic rings. The molecule has 0 radical (unpaired) electrons. The summed E-state index contributed by atoms with van der Waals surface area (Å²) in [6.07, 6.45) is 0. The molecule has 82 valence electrons. The summed E-state index contributed by atoms with van der Waals surface area (Å²) in [6, 6.07) is 3.47. The third-order valence-corrected chi connectivity index (χ3v) is 2.02. The van der Waals surface area contributed by atoms with Crippen LogP contribution in [-0.4, -0.2) is 25.3 Å². The first kappa shape index (κ1) is 11.3. The fraction of sp³-hybridized carbons (Fsp3) is 0.300. The van der Waals surface area contributed by atoms with Crippen molar-refractivity contribution in [2.45, 2.75) is 6.04 Å². The number of carbonyl (C=O) groups is 1. The van der Waals surface area contributed by atoms with Gasteiger partial charge in [0.15, 0.2) is 0 Å². The van der Waals surface area contributed by atoms with Gasteiger partial charge in [-0.25, -0.2) is 0 Å². The van der Waals surface area contributed by atoms with Crippen molar-refractivity contribution in [1.82, 2.24) is 0 Å². The van der Waals surface area contributed by atoms with Crippen LogP contribution in [0.1, 0.15) is 11.6 Å². The Morgan fingerprint density at radius 1 is 1.47 bits per heavy atom. The van der Waals surface area contributed by atoms with Crippen molar-refractivity contribution in [2.24, 2.45) is 5.73 Å². The molecule has 0 saturated heterocycles. The topological polar surface area (TPSA) is 81.8 Å². The van der Waals surface area contributed by atoms with Gasteiger partial charge in [0.25, 0.3) is 0 Å². The highest BCUT2D eigenvalue weighted by Crippen LogP contribution is 2.27. The van der Waals surface area contributed by atoms with Gasteiger partial charge < -0.3 is 20.3 Å². The maximum Gasteiger partial charge on any atom is 0.327 e. The van der Waals surface area contributed by atoms with Crippen LogP contribution in [0, 0.1) is 0 Å². The lowest BCUT2D eigenvalue weighted by Crippen LogP contribution is -2.22. The van der Waals surface area contributed by atoms with Gasteiger partial charge in [-0.1, -0.05) is 0 Å². The van der Waals surface area contributed by atoms with E-state index in [1.165, 1.54) is 26.4 Å². The number of nitrogens with two attached hydrogens (primary N) is 1. The van der Waals surface area contributed by atoms with E-state index in [9.17, 15) is 9.90 Å². The van der Waals surface area contributed by atoms with E-state index in [1.54, 1.807) is 6.07 Å². The maximum atomic E-state index is 11.2. The largest absolute Gasteiger partial charge is 0.508 e. The summed E-state index contributed by atoms with van der Waals surface area (Å²) in [5.41, 5.74) is 5.86. The van der Waals surface area contributed by atoms with Crippen LogP contribution < -0.4 is 10.5 Å². The van der Waals surface area contributed by atoms with Gasteiger partial charge >= 0.3 is 5.97 Å². The van der Waals surface area contributed by atoms with Crippen LogP contribution in [0.3, 0.4) is 0 Å². The Morgan fingerprint density at radius 2 is 2.13 bits per heavy atom. The van der Waals surface area contributed by atoms with Gasteiger partial charge in [-0.2, -0.15) is 0 Å². The lowest BCUT2D eigenvalue weighted by Gasteiger charge is -2.12. The minimum atomic E-state index is -1.01. The van der Waals surface area contributed by atoms with E-state index in [0.717, 1.165) is 0 Å². The predicted octanol–water partition coefficient (Wildman–Crippen LogP) is 0.574. The van der Waals surface area contributed by atoms with Crippen LogP contribution in [0.2, 0.25) is 0 Å². The van der Waals surface area contributed by atoms with Gasteiger partial charge in [0.2, 0.25) is 0 Å². The van der Waals surface area contributed by atoms with Crippen molar-refractivity contribution in [1.29, 1.82) is 0 Å². The molecular formula is C10H13NO4. The summed E-state index contributed by atoms with van der Waals surface area (Å²) < 4.78 is 9.43. The van der Waals surface area contributed by atoms with Gasteiger partial charge in [-0.3, -0.25) is 4.79 Å². The van der Waals surface area contributed by atoms with Crippen LogP contribution in [0.5, 0.6) is 11.5 Å². The number of aromatic hydroxyl groups is 1. The Bertz CT molecular complexity index is 364. The molecule has 0 fully saturated rings. The number of phenols is 1. The Hall–Kier alpha value is -1.75. The Morgan fingerprint density at radius 3 is 2.67 bits per heavy atom. The van der Waals surface area contributed by atoms with Crippen molar-refractivity contribution in [3.05, 3.63) is 23.8 Å². The fourth-order valence-electron chi connectivity index (χ4n) is 1.16. The second-order valence-corrected chi connectivity index (χ2v) is 2.93. The Balaban J connectivity index is 3.06. The smallest absolute Gasteiger partial charge is 0.327 e. The quantitative estimate of drug-likeness (QED) is 0.714. The molecule has 0 spiro atoms. The highest BCUT2D eigenvalue weighted by atomic mass is 16.5. The predicted molar refractivity (Wildman–Crippen MR) is 53.6 cm³/mol. The maximum absolute atomic E-state index is 11.2. The number of esters is 1. The first-order valence-electron chi connectivity index (χ1n) is 4.30. The molecule has 0 aliphatic heterocycles. The zero-order valence-corrected chi connectivity index (χ0v) is 8.56. The van der Waals surface area contributed by atoms with E-state index >= 15 is 0 Å². The summed E-state index contributed by atoms with van der Waals surface area (Å²) >= 11 is 0. The van der Waals surface area contributed by atoms with Crippen LogP contribution in [0.15, 0.2) is 18.2 Å². The molecular weight excluding hydrogens is 198 g/mol. The normalized spacial score (nSPS) is 11.9. The number of methoxy groups -OCH3 is 2. The van der Waals surface area contributed by atoms with Crippen molar-refractivity contribution >= 4 is 5.97 Å². The third kappa shape index (κ3) is 2.38. The highest BCUT2D eigenvalue weighted by molar-refractivity contribution is 5.78. The zero-order valence-electron chi connectivity index (χ0n) is 8.56. The van der Waals surface area contributed by atoms with E-state index in [0.29, 0.717) is 5.75 Å². The summed E-state index contributed by atoms with van der Waals surface area (Å²) in [5, 5.41) is 9.50. The van der Waals surface area contributed by atoms with E-state index in [4.69, 9.17) is 10.5 Å². The van der Waals surface area contributed by atoms with Gasteiger partial charge in [-0.05, 0) is 18.2 Å². The van der Waals surface area contributed by atoms with Gasteiger partial charge in [0.1, 0.15) is 17.5 Å². The molecule has 5 heteroatoms. The molecule has 1 aromatic rings. The molecule has 0 aromatic heterocycles. The fourth-order valence-corrected chi connectivity index (χ4v) is 1.16. The van der Waals surface area contributed by atoms with Gasteiger partial charge in [0, 0.05) is 5.56 Å². The van der Waals surface area contributed by atoms with Gasteiger partial charge in [0.05, 0.1) is 14.2 Å². The van der Waals surface area contributed by atoms with Crippen LogP contribution in [0.25, 0.3) is 0 Å². The molecule has 3 N–H and O–H groups in total. The second kappa shape index (κ2) is 4.65. The molecule has 15 heavy (non-hydrogen) atoms. The van der Waals surface area contributed by atoms with Crippen LogP contribution in [0.4, 0.5) is 0 Å². The number of rotatable bonds is 3. The van der Waals surface area contributed by atoms with Gasteiger partial charge in [-0.15, -0.1) is 0 Å². The van der Waals surface area contributed by atoms with Crippen molar-refractivity contribution in [3.8, 4) is 11.5 Å². The van der Waals surface area contributed by atoms with E-state index < -0.39 is 12.0 Å². The summed E-state index contributed by atoms with van der Waals surface area (Å²) in [5.74, 6) is -0.158. The van der Waals surface area contributed by atoms with E-state index in [1.807, 2.05) is 0 Å². The number of benzene rings is 1. The number of hydrogen-bond donors (Lipinski definition) is 2. The molecule has 0 heterocycles. The molecule has 0 bridgehead atoms. The number of carbonyl (C=O) groups excluding carboxylic acids is 1. The Labute approximate surface area is 87.4 Å². The molecule has 1 unspecified atom stereocenters. The molecule has 0 saturated carbocycles. The molecule has 0 amide bonds. The van der Waals surface area contributed by atoms with Crippen molar-refractivity contribution in [2.75, 3.05) is 14.2 Å². The molecule has 1 aromatic carbocycles. The summed E-state index contributed by atoms with van der Waals surface area (Å²) in [4.78, 5) is 11.2. The lowest BCUT2D eigenvalue weighted by atomic mass is 10.1. The molecule has 1 rings (SSSR count). The van der Waals surface area contributed by atoms with E-state index in [-0.39, 0.29) is 11.3 Å². The number of ether oxygens (including phenoxy) is 2. The minimum Gasteiger partial charge on any atom is -0.508 e. The average Bonchev–Trinajstić information content (AvgIpc) is 2.27. The SMILES string of the molecule is COC(=O)C(N)c1cc(OC)ccc1O. The van der Waals surface area contributed by atoms with Crippen molar-refractivity contribution < 1.29 is 19.4 Å². The second-order valence-electron chi connectivity index (χ2n) is 2.93. The Kier molecular flexibility index (Phi) is 3.51. The standard InChI is InChI=1S/C10H13NO4/c1-14-6-3-4-8(12)7(5-6)9(11)10(13)15-2/h3-5,9,12H,11H2,1-2H3. The first-order valence-corrected chi connectivity index (χ1v) is 4.30. The highest BCUT2D eigenvalue weighted by Gasteiger charge is 2.20. The average molecular weight is 211 g/mol. The minimum absolute atomic E-state index is 0.0614. The molecule has 5 nitrogen and oxygen atoms in total. The van der Waals surface area contributed by atoms with Crippen molar-refractivity contribution in [3.63, 3.8) is 0 Å². The number of hydrogen-bond acceptors (Lipinski definition) is 5. The monoisotopic (exact) mass is 211 g/mol. The summed E-state index contributed by atoms with van der Waals surface area (Å²) in [6.45, 7) is 0. The summed E-state index contributed by atoms with van der Waals surface area (Å²) in [7, 11) is 2.72. The van der Waals surface area contributed by atoms with Crippen LogP contribution >= 0.6 is 0 Å².